The molecular formula is C11H24N2O2S. The maximum absolute atomic E-state index is 11.9. The van der Waals surface area contributed by atoms with Crippen LogP contribution >= 0.6 is 0 Å². The Balaban J connectivity index is 2.53. The fourth-order valence-corrected chi connectivity index (χ4v) is 3.61. The molecule has 0 aromatic carbocycles. The first-order valence-corrected chi connectivity index (χ1v) is 7.72. The Labute approximate surface area is 99.2 Å². The van der Waals surface area contributed by atoms with Crippen molar-refractivity contribution in [2.24, 2.45) is 11.1 Å². The van der Waals surface area contributed by atoms with Crippen molar-refractivity contribution in [2.45, 2.75) is 39.5 Å². The predicted octanol–water partition coefficient (Wildman–Crippen LogP) is 1.18. The molecule has 0 radical (unpaired) electrons. The monoisotopic (exact) mass is 248 g/mol. The molecule has 1 aliphatic rings. The molecule has 0 unspecified atom stereocenters. The fourth-order valence-electron chi connectivity index (χ4n) is 1.96. The SMILES string of the molecule is CCCCS(=O)(=O)N1CCC(C)(CN)CC1. The Hall–Kier alpha value is -0.130. The molecule has 96 valence electrons. The van der Waals surface area contributed by atoms with Gasteiger partial charge in [-0.25, -0.2) is 12.7 Å². The fraction of sp³-hybridized carbons (Fsp3) is 1.00. The molecule has 0 saturated carbocycles. The molecule has 0 amide bonds. The van der Waals surface area contributed by atoms with Crippen LogP contribution in [0.3, 0.4) is 0 Å². The minimum absolute atomic E-state index is 0.136. The normalized spacial score (nSPS) is 22.2. The van der Waals surface area contributed by atoms with Crippen molar-refractivity contribution in [3.05, 3.63) is 0 Å². The van der Waals surface area contributed by atoms with Crippen molar-refractivity contribution < 1.29 is 8.42 Å². The Morgan fingerprint density at radius 1 is 1.31 bits per heavy atom. The lowest BCUT2D eigenvalue weighted by Gasteiger charge is -2.37. The molecule has 1 fully saturated rings. The average molecular weight is 248 g/mol. The van der Waals surface area contributed by atoms with Crippen LogP contribution < -0.4 is 5.73 Å². The third-order valence-corrected chi connectivity index (χ3v) is 5.53. The lowest BCUT2D eigenvalue weighted by molar-refractivity contribution is 0.183. The van der Waals surface area contributed by atoms with Crippen LogP contribution in [0.4, 0.5) is 0 Å². The number of nitrogens with zero attached hydrogens (tertiary/aromatic N) is 1. The summed E-state index contributed by atoms with van der Waals surface area (Å²) in [5.74, 6) is 0.294. The second-order valence-electron chi connectivity index (χ2n) is 5.08. The van der Waals surface area contributed by atoms with Crippen LogP contribution in [0, 0.1) is 5.41 Å². The molecule has 0 aromatic heterocycles. The van der Waals surface area contributed by atoms with Gasteiger partial charge in [0.2, 0.25) is 10.0 Å². The van der Waals surface area contributed by atoms with Gasteiger partial charge in [0.25, 0.3) is 0 Å². The van der Waals surface area contributed by atoms with E-state index in [1.165, 1.54) is 0 Å². The quantitative estimate of drug-likeness (QED) is 0.794. The number of hydrogen-bond acceptors (Lipinski definition) is 3. The van der Waals surface area contributed by atoms with Gasteiger partial charge < -0.3 is 5.73 Å². The minimum atomic E-state index is -3.01. The predicted molar refractivity (Wildman–Crippen MR) is 66.7 cm³/mol. The van der Waals surface area contributed by atoms with Gasteiger partial charge in [-0.1, -0.05) is 20.3 Å². The molecule has 0 atom stereocenters. The summed E-state index contributed by atoms with van der Waals surface area (Å²) in [6.07, 6.45) is 3.45. The first kappa shape index (κ1) is 13.9. The second-order valence-corrected chi connectivity index (χ2v) is 7.17. The summed E-state index contributed by atoms with van der Waals surface area (Å²) in [6, 6.07) is 0. The number of sulfonamides is 1. The van der Waals surface area contributed by atoms with E-state index in [0.29, 0.717) is 25.4 Å². The Bertz CT molecular complexity index is 306. The zero-order valence-electron chi connectivity index (χ0n) is 10.4. The van der Waals surface area contributed by atoms with Crippen molar-refractivity contribution in [1.82, 2.24) is 4.31 Å². The smallest absolute Gasteiger partial charge is 0.214 e. The van der Waals surface area contributed by atoms with E-state index in [9.17, 15) is 8.42 Å². The minimum Gasteiger partial charge on any atom is -0.330 e. The van der Waals surface area contributed by atoms with E-state index in [1.807, 2.05) is 6.92 Å². The van der Waals surface area contributed by atoms with E-state index in [1.54, 1.807) is 4.31 Å². The highest BCUT2D eigenvalue weighted by molar-refractivity contribution is 7.89. The van der Waals surface area contributed by atoms with E-state index in [0.717, 1.165) is 25.7 Å². The lowest BCUT2D eigenvalue weighted by Crippen LogP contribution is -2.45. The van der Waals surface area contributed by atoms with Gasteiger partial charge in [0.15, 0.2) is 0 Å². The molecule has 0 aromatic rings. The van der Waals surface area contributed by atoms with Crippen LogP contribution in [0.2, 0.25) is 0 Å². The summed E-state index contributed by atoms with van der Waals surface area (Å²) in [4.78, 5) is 0. The summed E-state index contributed by atoms with van der Waals surface area (Å²) < 4.78 is 25.5. The zero-order chi connectivity index (χ0) is 12.2. The number of rotatable bonds is 5. The summed E-state index contributed by atoms with van der Waals surface area (Å²) in [6.45, 7) is 6.08. The first-order valence-electron chi connectivity index (χ1n) is 6.11. The van der Waals surface area contributed by atoms with Gasteiger partial charge in [0, 0.05) is 13.1 Å². The van der Waals surface area contributed by atoms with Gasteiger partial charge in [0.05, 0.1) is 5.75 Å². The van der Waals surface area contributed by atoms with Crippen LogP contribution in [-0.2, 0) is 10.0 Å². The summed E-state index contributed by atoms with van der Waals surface area (Å²) in [5, 5.41) is 0. The molecule has 4 nitrogen and oxygen atoms in total. The number of unbranched alkanes of at least 4 members (excludes halogenated alkanes) is 1. The number of piperidine rings is 1. The van der Waals surface area contributed by atoms with Crippen molar-refractivity contribution in [1.29, 1.82) is 0 Å². The van der Waals surface area contributed by atoms with Gasteiger partial charge in [-0.2, -0.15) is 0 Å². The standard InChI is InChI=1S/C11H24N2O2S/c1-3-4-9-16(14,15)13-7-5-11(2,10-12)6-8-13/h3-10,12H2,1-2H3. The van der Waals surface area contributed by atoms with E-state index in [2.05, 4.69) is 6.92 Å². The van der Waals surface area contributed by atoms with Crippen LogP contribution in [-0.4, -0.2) is 38.1 Å². The molecule has 1 rings (SSSR count). The Morgan fingerprint density at radius 2 is 1.88 bits per heavy atom. The van der Waals surface area contributed by atoms with Crippen molar-refractivity contribution in [3.63, 3.8) is 0 Å². The topological polar surface area (TPSA) is 63.4 Å². The molecule has 0 bridgehead atoms. The van der Waals surface area contributed by atoms with E-state index < -0.39 is 10.0 Å². The Morgan fingerprint density at radius 3 is 2.31 bits per heavy atom. The number of hydrogen-bond donors (Lipinski definition) is 1. The Kier molecular flexibility index (Phi) is 4.76. The maximum Gasteiger partial charge on any atom is 0.214 e. The lowest BCUT2D eigenvalue weighted by atomic mass is 9.81. The molecular weight excluding hydrogens is 224 g/mol. The second kappa shape index (κ2) is 5.47. The summed E-state index contributed by atoms with van der Waals surface area (Å²) in [5.41, 5.74) is 5.84. The first-order chi connectivity index (χ1) is 7.43. The molecule has 1 heterocycles. The van der Waals surface area contributed by atoms with E-state index in [4.69, 9.17) is 5.73 Å². The van der Waals surface area contributed by atoms with Crippen LogP contribution in [0.25, 0.3) is 0 Å². The number of nitrogens with two attached hydrogens (primary N) is 1. The van der Waals surface area contributed by atoms with Crippen molar-refractivity contribution >= 4 is 10.0 Å². The maximum atomic E-state index is 11.9. The molecule has 0 aliphatic carbocycles. The molecule has 1 aliphatic heterocycles. The third-order valence-electron chi connectivity index (χ3n) is 3.57. The van der Waals surface area contributed by atoms with Gasteiger partial charge in [-0.05, 0) is 31.2 Å². The van der Waals surface area contributed by atoms with Gasteiger partial charge in [0.1, 0.15) is 0 Å². The van der Waals surface area contributed by atoms with Crippen LogP contribution in [0.5, 0.6) is 0 Å². The van der Waals surface area contributed by atoms with Gasteiger partial charge >= 0.3 is 0 Å². The summed E-state index contributed by atoms with van der Waals surface area (Å²) >= 11 is 0. The highest BCUT2D eigenvalue weighted by Crippen LogP contribution is 2.30. The summed E-state index contributed by atoms with van der Waals surface area (Å²) in [7, 11) is -3.01. The van der Waals surface area contributed by atoms with Crippen LogP contribution in [0.1, 0.15) is 39.5 Å². The van der Waals surface area contributed by atoms with Crippen LogP contribution in [0.15, 0.2) is 0 Å². The highest BCUT2D eigenvalue weighted by Gasteiger charge is 2.33. The third kappa shape index (κ3) is 3.43. The largest absolute Gasteiger partial charge is 0.330 e. The highest BCUT2D eigenvalue weighted by atomic mass is 32.2. The molecule has 0 spiro atoms. The zero-order valence-corrected chi connectivity index (χ0v) is 11.2. The van der Waals surface area contributed by atoms with E-state index >= 15 is 0 Å². The molecule has 2 N–H and O–H groups in total. The van der Waals surface area contributed by atoms with Gasteiger partial charge in [-0.15, -0.1) is 0 Å². The van der Waals surface area contributed by atoms with Gasteiger partial charge in [-0.3, -0.25) is 0 Å². The van der Waals surface area contributed by atoms with Crippen molar-refractivity contribution in [3.8, 4) is 0 Å². The van der Waals surface area contributed by atoms with Crippen molar-refractivity contribution in [2.75, 3.05) is 25.4 Å². The molecule has 1 saturated heterocycles. The van der Waals surface area contributed by atoms with E-state index in [-0.39, 0.29) is 5.41 Å². The molecule has 5 heteroatoms. The molecule has 16 heavy (non-hydrogen) atoms. The average Bonchev–Trinajstić information content (AvgIpc) is 2.27.